The van der Waals surface area contributed by atoms with Crippen LogP contribution >= 0.6 is 24.0 Å². The summed E-state index contributed by atoms with van der Waals surface area (Å²) in [5.41, 5.74) is 7.34. The van der Waals surface area contributed by atoms with Crippen LogP contribution in [-0.4, -0.2) is 18.1 Å². The van der Waals surface area contributed by atoms with Crippen molar-refractivity contribution in [1.82, 2.24) is 0 Å². The average Bonchev–Trinajstić information content (AvgIpc) is 2.47. The molecule has 4 N–H and O–H groups in total. The highest BCUT2D eigenvalue weighted by Gasteiger charge is 2.16. The van der Waals surface area contributed by atoms with Gasteiger partial charge in [-0.05, 0) is 53.5 Å². The van der Waals surface area contributed by atoms with Gasteiger partial charge in [-0.3, -0.25) is 4.55 Å². The quantitative estimate of drug-likeness (QED) is 0.530. The maximum absolute atomic E-state index is 11.4. The Bertz CT molecular complexity index is 886. The number of hydrogen-bond acceptors (Lipinski definition) is 4. The Hall–Kier alpha value is -1.61. The van der Waals surface area contributed by atoms with Crippen LogP contribution in [0.2, 0.25) is 0 Å². The fourth-order valence-electron chi connectivity index (χ4n) is 2.13. The second-order valence-electron chi connectivity index (χ2n) is 6.50. The molecule has 2 aromatic rings. The molecule has 25 heavy (non-hydrogen) atoms. The van der Waals surface area contributed by atoms with E-state index in [4.69, 9.17) is 18.0 Å². The minimum Gasteiger partial charge on any atom is -0.376 e. The van der Waals surface area contributed by atoms with Gasteiger partial charge >= 0.3 is 0 Å². The first-order chi connectivity index (χ1) is 11.5. The van der Waals surface area contributed by atoms with Gasteiger partial charge in [0.2, 0.25) is 0 Å². The van der Waals surface area contributed by atoms with E-state index in [9.17, 15) is 13.0 Å². The lowest BCUT2D eigenvalue weighted by molar-refractivity contribution is 0.483. The number of rotatable bonds is 4. The molecule has 0 aromatic heterocycles. The molecule has 5 nitrogen and oxygen atoms in total. The van der Waals surface area contributed by atoms with Gasteiger partial charge in [0.1, 0.15) is 0 Å². The number of benzene rings is 2. The maximum Gasteiger partial charge on any atom is 0.294 e. The molecule has 0 spiro atoms. The summed E-state index contributed by atoms with van der Waals surface area (Å²) in [7, 11) is -4.29. The van der Waals surface area contributed by atoms with Crippen LogP contribution in [0.5, 0.6) is 0 Å². The lowest BCUT2D eigenvalue weighted by atomic mass is 9.87. The van der Waals surface area contributed by atoms with Gasteiger partial charge in [-0.2, -0.15) is 8.42 Å². The summed E-state index contributed by atoms with van der Waals surface area (Å²) in [5.74, 6) is 0. The highest BCUT2D eigenvalue weighted by molar-refractivity contribution is 7.99. The molecule has 2 aromatic carbocycles. The molecule has 0 bridgehead atoms. The molecule has 2 rings (SSSR count). The highest BCUT2D eigenvalue weighted by Crippen LogP contribution is 2.36. The van der Waals surface area contributed by atoms with E-state index in [1.54, 1.807) is 0 Å². The normalized spacial score (nSPS) is 12.0. The first-order valence-electron chi connectivity index (χ1n) is 7.43. The van der Waals surface area contributed by atoms with E-state index in [1.165, 1.54) is 35.5 Å². The standard InChI is InChI=1S/C17H20N2O3S3/c1-17(2,3)11-4-6-12(7-5-11)24-15-10-13(25(20,21)22)8-9-14(15)19-16(18)23/h4-10H,1-3H3,(H3,18,19,23)(H,20,21,22). The van der Waals surface area contributed by atoms with Crippen LogP contribution in [0.15, 0.2) is 57.2 Å². The molecular weight excluding hydrogens is 376 g/mol. The molecule has 0 radical (unpaired) electrons. The third-order valence-electron chi connectivity index (χ3n) is 3.46. The second kappa shape index (κ2) is 7.33. The Kier molecular flexibility index (Phi) is 5.78. The van der Waals surface area contributed by atoms with Crippen LogP contribution in [-0.2, 0) is 15.5 Å². The Labute approximate surface area is 157 Å². The molecule has 0 fully saturated rings. The fourth-order valence-corrected chi connectivity index (χ4v) is 3.77. The van der Waals surface area contributed by atoms with Crippen molar-refractivity contribution >= 4 is 44.9 Å². The number of hydrogen-bond donors (Lipinski definition) is 3. The van der Waals surface area contributed by atoms with Gasteiger partial charge < -0.3 is 11.1 Å². The second-order valence-corrected chi connectivity index (χ2v) is 9.48. The van der Waals surface area contributed by atoms with Crippen LogP contribution in [0.1, 0.15) is 26.3 Å². The van der Waals surface area contributed by atoms with E-state index in [2.05, 4.69) is 26.1 Å². The predicted molar refractivity (Wildman–Crippen MR) is 106 cm³/mol. The summed E-state index contributed by atoms with van der Waals surface area (Å²) in [4.78, 5) is 1.33. The van der Waals surface area contributed by atoms with Gasteiger partial charge in [-0.15, -0.1) is 0 Å². The van der Waals surface area contributed by atoms with Crippen molar-refractivity contribution in [3.63, 3.8) is 0 Å². The lowest BCUT2D eigenvalue weighted by Crippen LogP contribution is -2.19. The van der Waals surface area contributed by atoms with Crippen molar-refractivity contribution in [3.05, 3.63) is 48.0 Å². The van der Waals surface area contributed by atoms with E-state index in [-0.39, 0.29) is 15.4 Å². The molecule has 0 saturated heterocycles. The van der Waals surface area contributed by atoms with Gasteiger partial charge in [0, 0.05) is 9.79 Å². The van der Waals surface area contributed by atoms with E-state index in [0.717, 1.165) is 4.90 Å². The Morgan fingerprint density at radius 2 is 1.76 bits per heavy atom. The van der Waals surface area contributed by atoms with Crippen molar-refractivity contribution in [2.24, 2.45) is 5.73 Å². The van der Waals surface area contributed by atoms with Gasteiger partial charge in [-0.25, -0.2) is 0 Å². The van der Waals surface area contributed by atoms with Gasteiger partial charge in [0.25, 0.3) is 10.1 Å². The van der Waals surface area contributed by atoms with Crippen LogP contribution < -0.4 is 11.1 Å². The largest absolute Gasteiger partial charge is 0.376 e. The summed E-state index contributed by atoms with van der Waals surface area (Å²) in [5, 5.41) is 2.89. The smallest absolute Gasteiger partial charge is 0.294 e. The van der Waals surface area contributed by atoms with Crippen LogP contribution in [0.4, 0.5) is 5.69 Å². The van der Waals surface area contributed by atoms with Crippen molar-refractivity contribution in [3.8, 4) is 0 Å². The minimum atomic E-state index is -4.29. The third-order valence-corrected chi connectivity index (χ3v) is 5.47. The first-order valence-corrected chi connectivity index (χ1v) is 10.1. The van der Waals surface area contributed by atoms with E-state index in [0.29, 0.717) is 10.6 Å². The van der Waals surface area contributed by atoms with E-state index >= 15 is 0 Å². The molecule has 134 valence electrons. The predicted octanol–water partition coefficient (Wildman–Crippen LogP) is 4.04. The molecule has 0 saturated carbocycles. The third kappa shape index (κ3) is 5.43. The average molecular weight is 397 g/mol. The maximum atomic E-state index is 11.4. The summed E-state index contributed by atoms with van der Waals surface area (Å²) >= 11 is 6.21. The van der Waals surface area contributed by atoms with Gasteiger partial charge in [0.15, 0.2) is 5.11 Å². The highest BCUT2D eigenvalue weighted by atomic mass is 32.2. The number of nitrogens with one attached hydrogen (secondary N) is 1. The van der Waals surface area contributed by atoms with Crippen molar-refractivity contribution < 1.29 is 13.0 Å². The first kappa shape index (κ1) is 19.7. The Morgan fingerprint density at radius 3 is 2.24 bits per heavy atom. The zero-order chi connectivity index (χ0) is 18.8. The zero-order valence-corrected chi connectivity index (χ0v) is 16.6. The Morgan fingerprint density at radius 1 is 1.16 bits per heavy atom. The number of nitrogens with two attached hydrogens (primary N) is 1. The molecule has 8 heteroatoms. The summed E-state index contributed by atoms with van der Waals surface area (Å²) in [6.07, 6.45) is 0. The molecule has 0 aliphatic carbocycles. The molecular formula is C17H20N2O3S3. The summed E-state index contributed by atoms with van der Waals surface area (Å²) < 4.78 is 32.1. The van der Waals surface area contributed by atoms with Crippen molar-refractivity contribution in [2.75, 3.05) is 5.32 Å². The molecule has 0 aliphatic rings. The lowest BCUT2D eigenvalue weighted by Gasteiger charge is -2.19. The van der Waals surface area contributed by atoms with Crippen molar-refractivity contribution in [2.45, 2.75) is 40.9 Å². The molecule has 0 unspecified atom stereocenters. The van der Waals surface area contributed by atoms with E-state index < -0.39 is 10.1 Å². The van der Waals surface area contributed by atoms with Crippen LogP contribution in [0.25, 0.3) is 0 Å². The summed E-state index contributed by atoms with van der Waals surface area (Å²) in [6, 6.07) is 12.2. The molecule has 0 aliphatic heterocycles. The molecule has 0 heterocycles. The number of anilines is 1. The minimum absolute atomic E-state index is 0.0481. The van der Waals surface area contributed by atoms with E-state index in [1.807, 2.05) is 24.3 Å². The van der Waals surface area contributed by atoms with Crippen molar-refractivity contribution in [1.29, 1.82) is 0 Å². The number of thiocarbonyl (C=S) groups is 1. The van der Waals surface area contributed by atoms with Crippen LogP contribution in [0.3, 0.4) is 0 Å². The van der Waals surface area contributed by atoms with Crippen LogP contribution in [0, 0.1) is 0 Å². The SMILES string of the molecule is CC(C)(C)c1ccc(Sc2cc(S(=O)(=O)O)ccc2NC(N)=S)cc1. The monoisotopic (exact) mass is 396 g/mol. The van der Waals surface area contributed by atoms with Gasteiger partial charge in [-0.1, -0.05) is 44.7 Å². The zero-order valence-electron chi connectivity index (χ0n) is 14.1. The fraction of sp³-hybridized carbons (Fsp3) is 0.235. The van der Waals surface area contributed by atoms with Gasteiger partial charge in [0.05, 0.1) is 10.6 Å². The Balaban J connectivity index is 2.40. The summed E-state index contributed by atoms with van der Waals surface area (Å²) in [6.45, 7) is 6.40. The molecule has 0 amide bonds. The molecule has 0 atom stereocenters. The topological polar surface area (TPSA) is 92.4 Å².